The van der Waals surface area contributed by atoms with Gasteiger partial charge in [0, 0.05) is 18.5 Å². The summed E-state index contributed by atoms with van der Waals surface area (Å²) in [6.07, 6.45) is -4.69. The third-order valence-corrected chi connectivity index (χ3v) is 3.49. The molecule has 126 valence electrons. The molecule has 1 rings (SSSR count). The van der Waals surface area contributed by atoms with Crippen molar-refractivity contribution in [3.05, 3.63) is 0 Å². The van der Waals surface area contributed by atoms with Crippen LogP contribution in [-0.4, -0.2) is 53.6 Å². The quantitative estimate of drug-likeness (QED) is 0.806. The SMILES string of the molecule is CC(C)(C)C(=O)NCC(=O)N1C[C@@H](C(F)(F)F)[C@H](C(=O)O)C1. The molecule has 0 aliphatic carbocycles. The molecule has 2 amide bonds. The number of hydrogen-bond acceptors (Lipinski definition) is 3. The van der Waals surface area contributed by atoms with Crippen molar-refractivity contribution in [2.45, 2.75) is 26.9 Å². The van der Waals surface area contributed by atoms with Crippen LogP contribution in [0.4, 0.5) is 13.2 Å². The smallest absolute Gasteiger partial charge is 0.394 e. The largest absolute Gasteiger partial charge is 0.481 e. The number of halogens is 3. The van der Waals surface area contributed by atoms with E-state index in [2.05, 4.69) is 5.32 Å². The van der Waals surface area contributed by atoms with E-state index in [4.69, 9.17) is 5.11 Å². The van der Waals surface area contributed by atoms with Crippen LogP contribution in [0.2, 0.25) is 0 Å². The van der Waals surface area contributed by atoms with E-state index in [1.165, 1.54) is 0 Å². The van der Waals surface area contributed by atoms with Crippen LogP contribution >= 0.6 is 0 Å². The number of hydrogen-bond donors (Lipinski definition) is 2. The Morgan fingerprint density at radius 3 is 2.09 bits per heavy atom. The maximum atomic E-state index is 12.8. The van der Waals surface area contributed by atoms with Crippen LogP contribution in [0, 0.1) is 17.3 Å². The number of rotatable bonds is 3. The summed E-state index contributed by atoms with van der Waals surface area (Å²) in [6.45, 7) is 3.22. The monoisotopic (exact) mass is 324 g/mol. The highest BCUT2D eigenvalue weighted by molar-refractivity contribution is 5.87. The van der Waals surface area contributed by atoms with Crippen molar-refractivity contribution in [3.8, 4) is 0 Å². The molecule has 1 fully saturated rings. The number of nitrogens with one attached hydrogen (secondary N) is 1. The zero-order valence-corrected chi connectivity index (χ0v) is 12.5. The average Bonchev–Trinajstić information content (AvgIpc) is 2.79. The van der Waals surface area contributed by atoms with Gasteiger partial charge in [-0.2, -0.15) is 13.2 Å². The predicted octanol–water partition coefficient (Wildman–Crippen LogP) is 0.870. The summed E-state index contributed by atoms with van der Waals surface area (Å²) >= 11 is 0. The normalized spacial score (nSPS) is 22.5. The first-order valence-corrected chi connectivity index (χ1v) is 6.69. The van der Waals surface area contributed by atoms with Crippen LogP contribution in [0.5, 0.6) is 0 Å². The fourth-order valence-electron chi connectivity index (χ4n) is 2.12. The number of amides is 2. The minimum absolute atomic E-state index is 0.415. The molecule has 0 saturated carbocycles. The standard InChI is InChI=1S/C13H19F3N2O4/c1-12(2,3)11(22)17-4-9(19)18-5-7(10(20)21)8(6-18)13(14,15)16/h7-8H,4-6H2,1-3H3,(H,17,22)(H,20,21)/t7-,8-/m1/s1. The second-order valence-corrected chi connectivity index (χ2v) is 6.32. The summed E-state index contributed by atoms with van der Waals surface area (Å²) in [7, 11) is 0. The minimum atomic E-state index is -4.69. The Balaban J connectivity index is 2.69. The molecule has 6 nitrogen and oxygen atoms in total. The highest BCUT2D eigenvalue weighted by Crippen LogP contribution is 2.37. The lowest BCUT2D eigenvalue weighted by Crippen LogP contribution is -2.43. The molecule has 0 aromatic carbocycles. The van der Waals surface area contributed by atoms with E-state index >= 15 is 0 Å². The third kappa shape index (κ3) is 4.35. The molecule has 0 aromatic heterocycles. The van der Waals surface area contributed by atoms with Crippen LogP contribution < -0.4 is 5.32 Å². The number of alkyl halides is 3. The molecule has 0 aromatic rings. The molecule has 0 radical (unpaired) electrons. The van der Waals surface area contributed by atoms with Crippen molar-refractivity contribution in [1.29, 1.82) is 0 Å². The Labute approximate surface area is 125 Å². The molecule has 1 aliphatic heterocycles. The van der Waals surface area contributed by atoms with Crippen LogP contribution in [-0.2, 0) is 14.4 Å². The highest BCUT2D eigenvalue weighted by atomic mass is 19.4. The zero-order valence-electron chi connectivity index (χ0n) is 12.5. The van der Waals surface area contributed by atoms with Gasteiger partial charge >= 0.3 is 12.1 Å². The number of aliphatic carboxylic acids is 1. The molecule has 1 heterocycles. The third-order valence-electron chi connectivity index (χ3n) is 3.49. The topological polar surface area (TPSA) is 86.7 Å². The minimum Gasteiger partial charge on any atom is -0.481 e. The van der Waals surface area contributed by atoms with Crippen LogP contribution in [0.25, 0.3) is 0 Å². The lowest BCUT2D eigenvalue weighted by atomic mass is 9.96. The van der Waals surface area contributed by atoms with Crippen LogP contribution in [0.1, 0.15) is 20.8 Å². The number of nitrogens with zero attached hydrogens (tertiary/aromatic N) is 1. The molecule has 0 unspecified atom stereocenters. The highest BCUT2D eigenvalue weighted by Gasteiger charge is 2.53. The molecule has 1 aliphatic rings. The Morgan fingerprint density at radius 1 is 1.18 bits per heavy atom. The second-order valence-electron chi connectivity index (χ2n) is 6.32. The number of carboxylic acids is 1. The van der Waals surface area contributed by atoms with Crippen LogP contribution in [0.3, 0.4) is 0 Å². The van der Waals surface area contributed by atoms with Gasteiger partial charge in [-0.15, -0.1) is 0 Å². The summed E-state index contributed by atoms with van der Waals surface area (Å²) in [5.74, 6) is -6.50. The molecule has 2 N–H and O–H groups in total. The van der Waals surface area contributed by atoms with Gasteiger partial charge in [0.1, 0.15) is 0 Å². The summed E-state index contributed by atoms with van der Waals surface area (Å²) < 4.78 is 38.4. The molecule has 0 spiro atoms. The maximum absolute atomic E-state index is 12.8. The summed E-state index contributed by atoms with van der Waals surface area (Å²) in [4.78, 5) is 35.2. The summed E-state index contributed by atoms with van der Waals surface area (Å²) in [5, 5.41) is 11.2. The summed E-state index contributed by atoms with van der Waals surface area (Å²) in [5.41, 5.74) is -0.733. The van der Waals surface area contributed by atoms with Gasteiger partial charge in [-0.25, -0.2) is 0 Å². The Hall–Kier alpha value is -1.80. The zero-order chi connectivity index (χ0) is 17.3. The van der Waals surface area contributed by atoms with E-state index in [1.807, 2.05) is 0 Å². The number of carbonyl (C=O) groups excluding carboxylic acids is 2. The van der Waals surface area contributed by atoms with E-state index in [1.54, 1.807) is 20.8 Å². The van der Waals surface area contributed by atoms with E-state index < -0.39 is 60.8 Å². The lowest BCUT2D eigenvalue weighted by molar-refractivity contribution is -0.188. The fourth-order valence-corrected chi connectivity index (χ4v) is 2.12. The van der Waals surface area contributed by atoms with Gasteiger partial charge < -0.3 is 15.3 Å². The number of carbonyl (C=O) groups is 3. The Kier molecular flexibility index (Phi) is 5.09. The first-order valence-electron chi connectivity index (χ1n) is 6.69. The van der Waals surface area contributed by atoms with Crippen molar-refractivity contribution >= 4 is 17.8 Å². The van der Waals surface area contributed by atoms with Gasteiger partial charge in [0.2, 0.25) is 11.8 Å². The van der Waals surface area contributed by atoms with Gasteiger partial charge in [-0.05, 0) is 0 Å². The van der Waals surface area contributed by atoms with Gasteiger partial charge in [-0.1, -0.05) is 20.8 Å². The van der Waals surface area contributed by atoms with E-state index in [-0.39, 0.29) is 0 Å². The van der Waals surface area contributed by atoms with Gasteiger partial charge in [-0.3, -0.25) is 14.4 Å². The van der Waals surface area contributed by atoms with Crippen LogP contribution in [0.15, 0.2) is 0 Å². The molecule has 2 atom stereocenters. The van der Waals surface area contributed by atoms with Crippen molar-refractivity contribution in [2.75, 3.05) is 19.6 Å². The van der Waals surface area contributed by atoms with Gasteiger partial charge in [0.25, 0.3) is 0 Å². The van der Waals surface area contributed by atoms with Crippen molar-refractivity contribution in [2.24, 2.45) is 17.3 Å². The van der Waals surface area contributed by atoms with Crippen molar-refractivity contribution < 1.29 is 32.7 Å². The first kappa shape index (κ1) is 18.2. The fraction of sp³-hybridized carbons (Fsp3) is 0.769. The van der Waals surface area contributed by atoms with E-state index in [9.17, 15) is 27.6 Å². The van der Waals surface area contributed by atoms with Gasteiger partial charge in [0.05, 0.1) is 18.4 Å². The van der Waals surface area contributed by atoms with Gasteiger partial charge in [0.15, 0.2) is 0 Å². The van der Waals surface area contributed by atoms with E-state index in [0.717, 1.165) is 4.90 Å². The lowest BCUT2D eigenvalue weighted by Gasteiger charge is -2.20. The molecular formula is C13H19F3N2O4. The average molecular weight is 324 g/mol. The molecule has 0 bridgehead atoms. The first-order chi connectivity index (χ1) is 9.84. The van der Waals surface area contributed by atoms with Crippen molar-refractivity contribution in [1.82, 2.24) is 10.2 Å². The molecule has 22 heavy (non-hydrogen) atoms. The molecule has 1 saturated heterocycles. The maximum Gasteiger partial charge on any atom is 0.394 e. The Bertz CT molecular complexity index is 471. The summed E-state index contributed by atoms with van der Waals surface area (Å²) in [6, 6.07) is 0. The molecule has 9 heteroatoms. The second kappa shape index (κ2) is 6.13. The molecular weight excluding hydrogens is 305 g/mol. The van der Waals surface area contributed by atoms with E-state index in [0.29, 0.717) is 0 Å². The Morgan fingerprint density at radius 2 is 1.73 bits per heavy atom. The number of carboxylic acid groups (broad SMARTS) is 1. The number of likely N-dealkylation sites (tertiary alicyclic amines) is 1. The predicted molar refractivity (Wildman–Crippen MR) is 69.7 cm³/mol. The van der Waals surface area contributed by atoms with Crippen molar-refractivity contribution in [3.63, 3.8) is 0 Å².